The van der Waals surface area contributed by atoms with Crippen molar-refractivity contribution in [3.8, 4) is 5.75 Å². The van der Waals surface area contributed by atoms with Crippen LogP contribution in [0, 0.1) is 0 Å². The van der Waals surface area contributed by atoms with Gasteiger partial charge in [-0.1, -0.05) is 12.1 Å². The molecule has 0 radical (unpaired) electrons. The maximum Gasteiger partial charge on any atom is 0.350 e. The number of primary amides is 1. The minimum atomic E-state index is -0.646. The molecule has 1 heterocycles. The molecule has 0 spiro atoms. The zero-order valence-corrected chi connectivity index (χ0v) is 13.0. The highest BCUT2D eigenvalue weighted by atomic mass is 32.1. The molecule has 0 bridgehead atoms. The van der Waals surface area contributed by atoms with E-state index in [0.717, 1.165) is 11.3 Å². The summed E-state index contributed by atoms with van der Waals surface area (Å²) in [6.45, 7) is -0.333. The monoisotopic (exact) mass is 334 g/mol. The molecule has 2 amide bonds. The van der Waals surface area contributed by atoms with Gasteiger partial charge in [0, 0.05) is 0 Å². The number of hydrogen-bond acceptors (Lipinski definition) is 6. The number of benzene rings is 1. The number of para-hydroxylation sites is 1. The quantitative estimate of drug-likeness (QED) is 0.781. The second kappa shape index (κ2) is 7.41. The van der Waals surface area contributed by atoms with Gasteiger partial charge in [0.15, 0.2) is 6.61 Å². The molecule has 0 aliphatic rings. The minimum Gasteiger partial charge on any atom is -0.483 e. The van der Waals surface area contributed by atoms with Crippen molar-refractivity contribution in [2.45, 2.75) is 0 Å². The van der Waals surface area contributed by atoms with Gasteiger partial charge in [-0.05, 0) is 23.6 Å². The lowest BCUT2D eigenvalue weighted by Gasteiger charge is -2.10. The average Bonchev–Trinajstić information content (AvgIpc) is 3.00. The molecule has 1 aromatic heterocycles. The third-order valence-corrected chi connectivity index (χ3v) is 3.72. The highest BCUT2D eigenvalue weighted by Gasteiger charge is 2.16. The van der Waals surface area contributed by atoms with E-state index in [9.17, 15) is 14.4 Å². The number of amides is 2. The average molecular weight is 334 g/mol. The predicted molar refractivity (Wildman–Crippen MR) is 84.7 cm³/mol. The molecule has 2 rings (SSSR count). The summed E-state index contributed by atoms with van der Waals surface area (Å²) in [6, 6.07) is 7.93. The molecule has 0 fully saturated rings. The van der Waals surface area contributed by atoms with Crippen molar-refractivity contribution in [1.29, 1.82) is 0 Å². The largest absolute Gasteiger partial charge is 0.483 e. The first kappa shape index (κ1) is 16.5. The Balaban J connectivity index is 2.00. The molecule has 0 aliphatic heterocycles. The molecule has 23 heavy (non-hydrogen) atoms. The SMILES string of the molecule is COC(=O)c1sccc1NC(=O)COc1ccccc1C(N)=O. The van der Waals surface area contributed by atoms with Crippen LogP contribution < -0.4 is 15.8 Å². The van der Waals surface area contributed by atoms with E-state index in [1.54, 1.807) is 23.6 Å². The number of ether oxygens (including phenoxy) is 2. The summed E-state index contributed by atoms with van der Waals surface area (Å²) in [6.07, 6.45) is 0. The van der Waals surface area contributed by atoms with Gasteiger partial charge in [0.2, 0.25) is 0 Å². The molecular formula is C15H14N2O5S. The highest BCUT2D eigenvalue weighted by Crippen LogP contribution is 2.23. The van der Waals surface area contributed by atoms with Crippen LogP contribution in [0.3, 0.4) is 0 Å². The number of nitrogens with one attached hydrogen (secondary N) is 1. The van der Waals surface area contributed by atoms with Gasteiger partial charge in [0.25, 0.3) is 11.8 Å². The maximum absolute atomic E-state index is 11.9. The van der Waals surface area contributed by atoms with E-state index < -0.39 is 17.8 Å². The zero-order chi connectivity index (χ0) is 16.8. The van der Waals surface area contributed by atoms with Gasteiger partial charge < -0.3 is 20.5 Å². The van der Waals surface area contributed by atoms with Crippen molar-refractivity contribution in [2.75, 3.05) is 19.0 Å². The van der Waals surface area contributed by atoms with Crippen molar-refractivity contribution in [2.24, 2.45) is 5.73 Å². The lowest BCUT2D eigenvalue weighted by molar-refractivity contribution is -0.118. The number of esters is 1. The van der Waals surface area contributed by atoms with E-state index in [2.05, 4.69) is 10.1 Å². The van der Waals surface area contributed by atoms with Gasteiger partial charge in [0.1, 0.15) is 10.6 Å². The van der Waals surface area contributed by atoms with Gasteiger partial charge in [-0.3, -0.25) is 9.59 Å². The lowest BCUT2D eigenvalue weighted by Crippen LogP contribution is -2.22. The highest BCUT2D eigenvalue weighted by molar-refractivity contribution is 7.12. The third-order valence-electron chi connectivity index (χ3n) is 2.82. The number of carbonyl (C=O) groups excluding carboxylic acids is 3. The molecular weight excluding hydrogens is 320 g/mol. The summed E-state index contributed by atoms with van der Waals surface area (Å²) in [5.41, 5.74) is 5.76. The standard InChI is InChI=1S/C15H14N2O5S/c1-21-15(20)13-10(6-7-23-13)17-12(18)8-22-11-5-3-2-4-9(11)14(16)19/h2-7H,8H2,1H3,(H2,16,19)(H,17,18). The number of nitrogens with two attached hydrogens (primary N) is 1. The Morgan fingerprint density at radius 3 is 2.65 bits per heavy atom. The summed E-state index contributed by atoms with van der Waals surface area (Å²) < 4.78 is 9.94. The van der Waals surface area contributed by atoms with Crippen molar-refractivity contribution in [3.05, 3.63) is 46.2 Å². The first-order valence-corrected chi connectivity index (χ1v) is 7.38. The van der Waals surface area contributed by atoms with Crippen molar-refractivity contribution >= 4 is 34.8 Å². The molecule has 7 nitrogen and oxygen atoms in total. The van der Waals surface area contributed by atoms with Crippen molar-refractivity contribution in [1.82, 2.24) is 0 Å². The van der Waals surface area contributed by atoms with Crippen LogP contribution in [-0.2, 0) is 9.53 Å². The fraction of sp³-hybridized carbons (Fsp3) is 0.133. The molecule has 0 unspecified atom stereocenters. The maximum atomic E-state index is 11.9. The molecule has 3 N–H and O–H groups in total. The predicted octanol–water partition coefficient (Wildman–Crippen LogP) is 1.65. The molecule has 8 heteroatoms. The summed E-state index contributed by atoms with van der Waals surface area (Å²) in [5, 5.41) is 4.21. The Bertz CT molecular complexity index is 741. The van der Waals surface area contributed by atoms with Crippen molar-refractivity contribution < 1.29 is 23.9 Å². The van der Waals surface area contributed by atoms with Gasteiger partial charge in [-0.15, -0.1) is 11.3 Å². The summed E-state index contributed by atoms with van der Waals surface area (Å²) >= 11 is 1.15. The number of hydrogen-bond donors (Lipinski definition) is 2. The van der Waals surface area contributed by atoms with Crippen LogP contribution in [0.25, 0.3) is 0 Å². The van der Waals surface area contributed by atoms with Gasteiger partial charge >= 0.3 is 5.97 Å². The van der Waals surface area contributed by atoms with Crippen molar-refractivity contribution in [3.63, 3.8) is 0 Å². The first-order valence-electron chi connectivity index (χ1n) is 6.50. The van der Waals surface area contributed by atoms with Gasteiger partial charge in [-0.25, -0.2) is 4.79 Å². The van der Waals surface area contributed by atoms with E-state index >= 15 is 0 Å². The molecule has 120 valence electrons. The Morgan fingerprint density at radius 1 is 1.22 bits per heavy atom. The van der Waals surface area contributed by atoms with Crippen LogP contribution in [0.1, 0.15) is 20.0 Å². The number of anilines is 1. The van der Waals surface area contributed by atoms with Crippen LogP contribution in [0.15, 0.2) is 35.7 Å². The van der Waals surface area contributed by atoms with E-state index in [1.807, 2.05) is 0 Å². The Morgan fingerprint density at radius 2 is 1.96 bits per heavy atom. The Kier molecular flexibility index (Phi) is 5.32. The lowest BCUT2D eigenvalue weighted by atomic mass is 10.2. The molecule has 0 saturated carbocycles. The number of thiophene rings is 1. The third kappa shape index (κ3) is 4.07. The Hall–Kier alpha value is -2.87. The zero-order valence-electron chi connectivity index (χ0n) is 12.2. The van der Waals surface area contributed by atoms with Crippen LogP contribution in [-0.4, -0.2) is 31.5 Å². The smallest absolute Gasteiger partial charge is 0.350 e. The second-order valence-corrected chi connectivity index (χ2v) is 5.27. The van der Waals surface area contributed by atoms with Crippen LogP contribution in [0.5, 0.6) is 5.75 Å². The van der Waals surface area contributed by atoms with E-state index in [1.165, 1.54) is 19.2 Å². The normalized spacial score (nSPS) is 9.96. The summed E-state index contributed by atoms with van der Waals surface area (Å²) in [5.74, 6) is -1.44. The van der Waals surface area contributed by atoms with Gasteiger partial charge in [-0.2, -0.15) is 0 Å². The first-order chi connectivity index (χ1) is 11.0. The number of rotatable bonds is 6. The molecule has 0 atom stereocenters. The van der Waals surface area contributed by atoms with Gasteiger partial charge in [0.05, 0.1) is 18.4 Å². The number of methoxy groups -OCH3 is 1. The topological polar surface area (TPSA) is 108 Å². The molecule has 0 aliphatic carbocycles. The van der Waals surface area contributed by atoms with E-state index in [-0.39, 0.29) is 17.9 Å². The fourth-order valence-electron chi connectivity index (χ4n) is 1.78. The molecule has 0 saturated heterocycles. The summed E-state index contributed by atoms with van der Waals surface area (Å²) in [4.78, 5) is 35.0. The summed E-state index contributed by atoms with van der Waals surface area (Å²) in [7, 11) is 1.26. The minimum absolute atomic E-state index is 0.186. The second-order valence-electron chi connectivity index (χ2n) is 4.35. The van der Waals surface area contributed by atoms with E-state index in [0.29, 0.717) is 10.6 Å². The van der Waals surface area contributed by atoms with Crippen LogP contribution >= 0.6 is 11.3 Å². The molecule has 1 aromatic carbocycles. The Labute approximate surface area is 136 Å². The van der Waals surface area contributed by atoms with E-state index in [4.69, 9.17) is 10.5 Å². The van der Waals surface area contributed by atoms with Crippen LogP contribution in [0.2, 0.25) is 0 Å². The number of carbonyl (C=O) groups is 3. The van der Waals surface area contributed by atoms with Crippen LogP contribution in [0.4, 0.5) is 5.69 Å². The fourth-order valence-corrected chi connectivity index (χ4v) is 2.55. The molecule has 2 aromatic rings.